The van der Waals surface area contributed by atoms with Crippen LogP contribution in [0.25, 0.3) is 0 Å². The molecule has 0 radical (unpaired) electrons. The van der Waals surface area contributed by atoms with Gasteiger partial charge in [0.25, 0.3) is 0 Å². The molecule has 2 fully saturated rings. The highest BCUT2D eigenvalue weighted by Crippen LogP contribution is 2.24. The Labute approximate surface area is 150 Å². The van der Waals surface area contributed by atoms with Crippen molar-refractivity contribution in [2.45, 2.75) is 64.2 Å². The molecule has 2 aliphatic rings. The molecule has 1 aliphatic heterocycles. The number of aliphatic hydroxyl groups is 1. The van der Waals surface area contributed by atoms with Gasteiger partial charge in [-0.1, -0.05) is 12.1 Å². The molecule has 2 atom stereocenters. The molecule has 0 spiro atoms. The van der Waals surface area contributed by atoms with Crippen LogP contribution in [0.4, 0.5) is 4.79 Å². The van der Waals surface area contributed by atoms with Crippen molar-refractivity contribution in [1.29, 1.82) is 0 Å². The zero-order valence-electron chi connectivity index (χ0n) is 15.1. The summed E-state index contributed by atoms with van der Waals surface area (Å²) < 4.78 is 6.03. The van der Waals surface area contributed by atoms with Gasteiger partial charge in [0.1, 0.15) is 5.75 Å². The number of aliphatic hydroxyl groups excluding tert-OH is 1. The van der Waals surface area contributed by atoms with E-state index in [9.17, 15) is 9.90 Å². The number of hydrogen-bond acceptors (Lipinski definition) is 3. The Morgan fingerprint density at radius 2 is 2.12 bits per heavy atom. The smallest absolute Gasteiger partial charge is 0.317 e. The van der Waals surface area contributed by atoms with Gasteiger partial charge >= 0.3 is 6.03 Å². The van der Waals surface area contributed by atoms with Gasteiger partial charge in [0.15, 0.2) is 0 Å². The molecule has 2 N–H and O–H groups in total. The van der Waals surface area contributed by atoms with Crippen LogP contribution in [0.1, 0.15) is 51.0 Å². The van der Waals surface area contributed by atoms with E-state index < -0.39 is 0 Å². The predicted octanol–water partition coefficient (Wildman–Crippen LogP) is 3.31. The summed E-state index contributed by atoms with van der Waals surface area (Å²) in [5, 5.41) is 12.8. The summed E-state index contributed by atoms with van der Waals surface area (Å²) in [5.74, 6) is 1.08. The zero-order chi connectivity index (χ0) is 17.6. The molecule has 1 saturated carbocycles. The maximum Gasteiger partial charge on any atom is 0.317 e. The summed E-state index contributed by atoms with van der Waals surface area (Å²) in [6, 6.07) is 7.95. The molecule has 1 aromatic rings. The quantitative estimate of drug-likeness (QED) is 0.860. The van der Waals surface area contributed by atoms with Crippen LogP contribution in [0.2, 0.25) is 0 Å². The maximum absolute atomic E-state index is 12.4. The van der Waals surface area contributed by atoms with E-state index in [0.29, 0.717) is 19.2 Å². The molecule has 1 aliphatic carbocycles. The highest BCUT2D eigenvalue weighted by molar-refractivity contribution is 5.74. The number of nitrogens with zero attached hydrogens (tertiary/aromatic N) is 1. The Kier molecular flexibility index (Phi) is 6.19. The fourth-order valence-corrected chi connectivity index (χ4v) is 3.81. The first-order chi connectivity index (χ1) is 12.1. The van der Waals surface area contributed by atoms with Crippen LogP contribution in [-0.2, 0) is 6.54 Å². The summed E-state index contributed by atoms with van der Waals surface area (Å²) >= 11 is 0. The zero-order valence-corrected chi connectivity index (χ0v) is 15.1. The van der Waals surface area contributed by atoms with Crippen molar-refractivity contribution in [2.24, 2.45) is 5.92 Å². The normalized spacial score (nSPS) is 22.6. The van der Waals surface area contributed by atoms with Crippen LogP contribution in [-0.4, -0.2) is 41.3 Å². The first-order valence-corrected chi connectivity index (χ1v) is 9.58. The summed E-state index contributed by atoms with van der Waals surface area (Å²) in [6.45, 7) is 3.70. The number of ether oxygens (including phenoxy) is 1. The number of urea groups is 1. The number of amides is 2. The Morgan fingerprint density at radius 3 is 2.88 bits per heavy atom. The third-order valence-corrected chi connectivity index (χ3v) is 5.37. The number of nitrogens with one attached hydrogen (secondary N) is 1. The van der Waals surface area contributed by atoms with Gasteiger partial charge in [0, 0.05) is 25.6 Å². The van der Waals surface area contributed by atoms with Gasteiger partial charge in [-0.2, -0.15) is 0 Å². The molecule has 1 heterocycles. The minimum Gasteiger partial charge on any atom is -0.490 e. The first-order valence-electron chi connectivity index (χ1n) is 9.58. The van der Waals surface area contributed by atoms with E-state index >= 15 is 0 Å². The van der Waals surface area contributed by atoms with Crippen molar-refractivity contribution in [2.75, 3.05) is 13.1 Å². The lowest BCUT2D eigenvalue weighted by molar-refractivity contribution is 0.0738. The standard InChI is InChI=1S/C20H30N2O3/c1-15(23)17-7-5-11-22(14-17)20(24)21-13-16-6-4-10-19(12-16)25-18-8-2-3-9-18/h4,6,10,12,15,17-18,23H,2-3,5,7-9,11,13-14H2,1H3,(H,21,24)/t15-,17+/m0/s1. The highest BCUT2D eigenvalue weighted by atomic mass is 16.5. The van der Waals surface area contributed by atoms with Crippen molar-refractivity contribution >= 4 is 6.03 Å². The minimum atomic E-state index is -0.361. The predicted molar refractivity (Wildman–Crippen MR) is 97.5 cm³/mol. The van der Waals surface area contributed by atoms with E-state index in [1.165, 1.54) is 12.8 Å². The van der Waals surface area contributed by atoms with Gasteiger partial charge in [-0.05, 0) is 63.1 Å². The van der Waals surface area contributed by atoms with Crippen LogP contribution in [0, 0.1) is 5.92 Å². The topological polar surface area (TPSA) is 61.8 Å². The van der Waals surface area contributed by atoms with E-state index in [4.69, 9.17) is 4.74 Å². The van der Waals surface area contributed by atoms with Gasteiger partial charge in [-0.25, -0.2) is 4.79 Å². The van der Waals surface area contributed by atoms with Crippen molar-refractivity contribution in [3.8, 4) is 5.75 Å². The SMILES string of the molecule is C[C@H](O)[C@@H]1CCCN(C(=O)NCc2cccc(OC3CCCC3)c2)C1. The number of hydrogen-bond donors (Lipinski definition) is 2. The second-order valence-electron chi connectivity index (χ2n) is 7.42. The van der Waals surface area contributed by atoms with Crippen molar-refractivity contribution in [3.05, 3.63) is 29.8 Å². The molecule has 0 unspecified atom stereocenters. The van der Waals surface area contributed by atoms with Gasteiger partial charge in [-0.3, -0.25) is 0 Å². The second kappa shape index (κ2) is 8.56. The molecule has 1 aromatic carbocycles. The molecule has 2 amide bonds. The minimum absolute atomic E-state index is 0.0486. The Hall–Kier alpha value is -1.75. The Balaban J connectivity index is 1.49. The molecule has 138 valence electrons. The lowest BCUT2D eigenvalue weighted by atomic mass is 9.94. The molecule has 0 bridgehead atoms. The average Bonchev–Trinajstić information content (AvgIpc) is 3.13. The lowest BCUT2D eigenvalue weighted by Crippen LogP contribution is -2.47. The number of carbonyl (C=O) groups excluding carboxylic acids is 1. The van der Waals surface area contributed by atoms with Crippen LogP contribution in [0.3, 0.4) is 0 Å². The second-order valence-corrected chi connectivity index (χ2v) is 7.42. The molecular weight excluding hydrogens is 316 g/mol. The molecule has 25 heavy (non-hydrogen) atoms. The third-order valence-electron chi connectivity index (χ3n) is 5.37. The van der Waals surface area contributed by atoms with Crippen molar-refractivity contribution < 1.29 is 14.6 Å². The average molecular weight is 346 g/mol. The number of piperidine rings is 1. The van der Waals surface area contributed by atoms with E-state index in [2.05, 4.69) is 5.32 Å². The van der Waals surface area contributed by atoms with Gasteiger partial charge in [-0.15, -0.1) is 0 Å². The molecule has 5 heteroatoms. The number of benzene rings is 1. The monoisotopic (exact) mass is 346 g/mol. The van der Waals surface area contributed by atoms with E-state index in [-0.39, 0.29) is 18.1 Å². The molecular formula is C20H30N2O3. The van der Waals surface area contributed by atoms with Crippen molar-refractivity contribution in [1.82, 2.24) is 10.2 Å². The van der Waals surface area contributed by atoms with Crippen LogP contribution < -0.4 is 10.1 Å². The Morgan fingerprint density at radius 1 is 1.32 bits per heavy atom. The largest absolute Gasteiger partial charge is 0.490 e. The molecule has 0 aromatic heterocycles. The summed E-state index contributed by atoms with van der Waals surface area (Å²) in [6.07, 6.45) is 6.71. The fraction of sp³-hybridized carbons (Fsp3) is 0.650. The van der Waals surface area contributed by atoms with Crippen molar-refractivity contribution in [3.63, 3.8) is 0 Å². The van der Waals surface area contributed by atoms with E-state index in [0.717, 1.165) is 43.5 Å². The third kappa shape index (κ3) is 5.11. The van der Waals surface area contributed by atoms with Gasteiger partial charge < -0.3 is 20.1 Å². The van der Waals surface area contributed by atoms with Crippen LogP contribution >= 0.6 is 0 Å². The number of carbonyl (C=O) groups is 1. The lowest BCUT2D eigenvalue weighted by Gasteiger charge is -2.34. The van der Waals surface area contributed by atoms with E-state index in [1.807, 2.05) is 36.1 Å². The Bertz CT molecular complexity index is 570. The summed E-state index contributed by atoms with van der Waals surface area (Å²) in [7, 11) is 0. The van der Waals surface area contributed by atoms with Crippen LogP contribution in [0.15, 0.2) is 24.3 Å². The molecule has 1 saturated heterocycles. The molecule has 5 nitrogen and oxygen atoms in total. The number of likely N-dealkylation sites (tertiary alicyclic amines) is 1. The molecule has 3 rings (SSSR count). The van der Waals surface area contributed by atoms with Gasteiger partial charge in [0.05, 0.1) is 12.2 Å². The van der Waals surface area contributed by atoms with E-state index in [1.54, 1.807) is 0 Å². The maximum atomic E-state index is 12.4. The highest BCUT2D eigenvalue weighted by Gasteiger charge is 2.26. The summed E-state index contributed by atoms with van der Waals surface area (Å²) in [4.78, 5) is 14.2. The summed E-state index contributed by atoms with van der Waals surface area (Å²) in [5.41, 5.74) is 1.05. The first kappa shape index (κ1) is 18.1. The van der Waals surface area contributed by atoms with Gasteiger partial charge in [0.2, 0.25) is 0 Å². The van der Waals surface area contributed by atoms with Crippen LogP contribution in [0.5, 0.6) is 5.75 Å². The fourth-order valence-electron chi connectivity index (χ4n) is 3.81. The number of rotatable bonds is 5.